The van der Waals surface area contributed by atoms with Crippen LogP contribution in [-0.4, -0.2) is 22.2 Å². The summed E-state index contributed by atoms with van der Waals surface area (Å²) in [5.41, 5.74) is 5.01. The SMILES string of the molecule is CCc1cccc2c1N(C(=O)c1cnn(-c3ccc(Cl)cc3)c1)CC2. The first-order chi connectivity index (χ1) is 12.2. The van der Waals surface area contributed by atoms with Gasteiger partial charge in [0, 0.05) is 17.8 Å². The molecule has 0 spiro atoms. The van der Waals surface area contributed by atoms with Crippen molar-refractivity contribution in [1.82, 2.24) is 9.78 Å². The number of carbonyl (C=O) groups is 1. The van der Waals surface area contributed by atoms with Crippen LogP contribution in [0.25, 0.3) is 5.69 Å². The zero-order chi connectivity index (χ0) is 17.4. The molecule has 0 saturated carbocycles. The normalized spacial score (nSPS) is 13.1. The second-order valence-electron chi connectivity index (χ2n) is 6.14. The fraction of sp³-hybridized carbons (Fsp3) is 0.200. The number of anilines is 1. The Labute approximate surface area is 151 Å². The van der Waals surface area contributed by atoms with Crippen molar-refractivity contribution in [3.8, 4) is 5.69 Å². The van der Waals surface area contributed by atoms with E-state index in [1.165, 1.54) is 11.1 Å². The summed E-state index contributed by atoms with van der Waals surface area (Å²) in [6.45, 7) is 2.84. The van der Waals surface area contributed by atoms with Gasteiger partial charge in [-0.05, 0) is 48.2 Å². The number of para-hydroxylation sites is 1. The van der Waals surface area contributed by atoms with Gasteiger partial charge < -0.3 is 4.90 Å². The Hall–Kier alpha value is -2.59. The van der Waals surface area contributed by atoms with Gasteiger partial charge in [0.1, 0.15) is 0 Å². The molecule has 3 aromatic rings. The van der Waals surface area contributed by atoms with Crippen molar-refractivity contribution >= 4 is 23.2 Å². The number of hydrogen-bond donors (Lipinski definition) is 0. The summed E-state index contributed by atoms with van der Waals surface area (Å²) in [5.74, 6) is -0.000126. The third-order valence-electron chi connectivity index (χ3n) is 4.62. The highest BCUT2D eigenvalue weighted by molar-refractivity contribution is 6.30. The molecule has 0 N–H and O–H groups in total. The topological polar surface area (TPSA) is 38.1 Å². The van der Waals surface area contributed by atoms with E-state index in [4.69, 9.17) is 11.6 Å². The van der Waals surface area contributed by atoms with Gasteiger partial charge in [0.25, 0.3) is 5.91 Å². The molecular weight excluding hydrogens is 334 g/mol. The Morgan fingerprint density at radius 2 is 2.00 bits per heavy atom. The number of nitrogens with zero attached hydrogens (tertiary/aromatic N) is 3. The fourth-order valence-corrected chi connectivity index (χ4v) is 3.48. The summed E-state index contributed by atoms with van der Waals surface area (Å²) in [5, 5.41) is 5.01. The van der Waals surface area contributed by atoms with Crippen LogP contribution < -0.4 is 4.90 Å². The van der Waals surface area contributed by atoms with Crippen molar-refractivity contribution in [2.24, 2.45) is 0 Å². The molecule has 0 fully saturated rings. The standard InChI is InChI=1S/C20H18ClN3O/c1-2-14-4-3-5-15-10-11-23(19(14)15)20(25)16-12-22-24(13-16)18-8-6-17(21)7-9-18/h3-9,12-13H,2,10-11H2,1H3. The van der Waals surface area contributed by atoms with Crippen molar-refractivity contribution in [3.05, 3.63) is 76.6 Å². The number of hydrogen-bond acceptors (Lipinski definition) is 2. The number of halogens is 1. The molecule has 25 heavy (non-hydrogen) atoms. The highest BCUT2D eigenvalue weighted by atomic mass is 35.5. The average Bonchev–Trinajstić information content (AvgIpc) is 3.29. The summed E-state index contributed by atoms with van der Waals surface area (Å²) < 4.78 is 1.70. The first kappa shape index (κ1) is 15.9. The minimum Gasteiger partial charge on any atom is -0.307 e. The maximum absolute atomic E-state index is 13.0. The molecule has 2 heterocycles. The van der Waals surface area contributed by atoms with Crippen LogP contribution in [0.1, 0.15) is 28.4 Å². The van der Waals surface area contributed by atoms with Gasteiger partial charge in [0.05, 0.1) is 23.1 Å². The molecule has 1 amide bonds. The van der Waals surface area contributed by atoms with E-state index >= 15 is 0 Å². The minimum absolute atomic E-state index is 0.000126. The number of amides is 1. The molecule has 0 unspecified atom stereocenters. The maximum Gasteiger partial charge on any atom is 0.261 e. The Morgan fingerprint density at radius 1 is 1.20 bits per heavy atom. The van der Waals surface area contributed by atoms with E-state index in [2.05, 4.69) is 30.2 Å². The van der Waals surface area contributed by atoms with Crippen LogP contribution in [0.2, 0.25) is 5.02 Å². The minimum atomic E-state index is -0.000126. The summed E-state index contributed by atoms with van der Waals surface area (Å²) in [4.78, 5) is 14.9. The van der Waals surface area contributed by atoms with Crippen LogP contribution in [0.5, 0.6) is 0 Å². The van der Waals surface area contributed by atoms with E-state index < -0.39 is 0 Å². The number of benzene rings is 2. The highest BCUT2D eigenvalue weighted by Crippen LogP contribution is 2.33. The molecule has 1 aliphatic rings. The van der Waals surface area contributed by atoms with Gasteiger partial charge in [-0.3, -0.25) is 4.79 Å². The van der Waals surface area contributed by atoms with E-state index in [9.17, 15) is 4.79 Å². The van der Waals surface area contributed by atoms with Gasteiger partial charge in [-0.25, -0.2) is 4.68 Å². The van der Waals surface area contributed by atoms with Crippen molar-refractivity contribution < 1.29 is 4.79 Å². The molecule has 0 aliphatic carbocycles. The molecule has 0 atom stereocenters. The first-order valence-corrected chi connectivity index (χ1v) is 8.78. The second-order valence-corrected chi connectivity index (χ2v) is 6.57. The Bertz CT molecular complexity index is 930. The summed E-state index contributed by atoms with van der Waals surface area (Å²) in [6, 6.07) is 13.7. The zero-order valence-electron chi connectivity index (χ0n) is 13.9. The quantitative estimate of drug-likeness (QED) is 0.706. The van der Waals surface area contributed by atoms with Crippen molar-refractivity contribution in [2.75, 3.05) is 11.4 Å². The van der Waals surface area contributed by atoms with Gasteiger partial charge in [0.2, 0.25) is 0 Å². The van der Waals surface area contributed by atoms with E-state index in [1.807, 2.05) is 29.2 Å². The van der Waals surface area contributed by atoms with Crippen molar-refractivity contribution in [2.45, 2.75) is 19.8 Å². The van der Waals surface area contributed by atoms with Gasteiger partial charge >= 0.3 is 0 Å². The smallest absolute Gasteiger partial charge is 0.261 e. The largest absolute Gasteiger partial charge is 0.307 e. The van der Waals surface area contributed by atoms with Crippen LogP contribution in [0.3, 0.4) is 0 Å². The van der Waals surface area contributed by atoms with Gasteiger partial charge in [-0.1, -0.05) is 36.7 Å². The van der Waals surface area contributed by atoms with E-state index in [-0.39, 0.29) is 5.91 Å². The molecule has 5 heteroatoms. The zero-order valence-corrected chi connectivity index (χ0v) is 14.7. The van der Waals surface area contributed by atoms with E-state index in [0.717, 1.165) is 30.8 Å². The third kappa shape index (κ3) is 2.83. The molecule has 1 aliphatic heterocycles. The third-order valence-corrected chi connectivity index (χ3v) is 4.88. The number of aryl methyl sites for hydroxylation is 1. The van der Waals surface area contributed by atoms with Gasteiger partial charge in [0.15, 0.2) is 0 Å². The predicted octanol–water partition coefficient (Wildman–Crippen LogP) is 4.29. The Balaban J connectivity index is 1.65. The van der Waals surface area contributed by atoms with Crippen LogP contribution in [-0.2, 0) is 12.8 Å². The number of rotatable bonds is 3. The van der Waals surface area contributed by atoms with Gasteiger partial charge in [-0.2, -0.15) is 5.10 Å². The highest BCUT2D eigenvalue weighted by Gasteiger charge is 2.28. The lowest BCUT2D eigenvalue weighted by Gasteiger charge is -2.19. The molecule has 2 aromatic carbocycles. The predicted molar refractivity (Wildman–Crippen MR) is 99.8 cm³/mol. The molecule has 0 saturated heterocycles. The Morgan fingerprint density at radius 3 is 2.76 bits per heavy atom. The van der Waals surface area contributed by atoms with Gasteiger partial charge in [-0.15, -0.1) is 0 Å². The molecule has 4 rings (SSSR count). The molecule has 0 bridgehead atoms. The lowest BCUT2D eigenvalue weighted by atomic mass is 10.1. The fourth-order valence-electron chi connectivity index (χ4n) is 3.35. The first-order valence-electron chi connectivity index (χ1n) is 8.40. The lowest BCUT2D eigenvalue weighted by Crippen LogP contribution is -2.29. The molecule has 4 nitrogen and oxygen atoms in total. The average molecular weight is 352 g/mol. The second kappa shape index (κ2) is 6.37. The lowest BCUT2D eigenvalue weighted by molar-refractivity contribution is 0.0989. The molecule has 0 radical (unpaired) electrons. The molecule has 126 valence electrons. The van der Waals surface area contributed by atoms with Crippen LogP contribution in [0, 0.1) is 0 Å². The van der Waals surface area contributed by atoms with Crippen molar-refractivity contribution in [1.29, 1.82) is 0 Å². The molecular formula is C20H18ClN3O. The van der Waals surface area contributed by atoms with Crippen LogP contribution in [0.15, 0.2) is 54.9 Å². The van der Waals surface area contributed by atoms with E-state index in [1.54, 1.807) is 17.1 Å². The number of aromatic nitrogens is 2. The molecule has 1 aromatic heterocycles. The van der Waals surface area contributed by atoms with Crippen molar-refractivity contribution in [3.63, 3.8) is 0 Å². The summed E-state index contributed by atoms with van der Waals surface area (Å²) in [6.07, 6.45) is 5.22. The number of fused-ring (bicyclic) bond motifs is 1. The monoisotopic (exact) mass is 351 g/mol. The number of carbonyl (C=O) groups excluding carboxylic acids is 1. The Kier molecular flexibility index (Phi) is 4.06. The van der Waals surface area contributed by atoms with E-state index in [0.29, 0.717) is 10.6 Å². The summed E-state index contributed by atoms with van der Waals surface area (Å²) >= 11 is 5.93. The maximum atomic E-state index is 13.0. The van der Waals surface area contributed by atoms with Crippen LogP contribution in [0.4, 0.5) is 5.69 Å². The summed E-state index contributed by atoms with van der Waals surface area (Å²) in [7, 11) is 0. The van der Waals surface area contributed by atoms with Crippen LogP contribution >= 0.6 is 11.6 Å².